The maximum Gasteiger partial charge on any atom is 0.259 e. The normalized spacial score (nSPS) is 11.3. The van der Waals surface area contributed by atoms with Crippen LogP contribution in [0.15, 0.2) is 56.4 Å². The van der Waals surface area contributed by atoms with Crippen molar-refractivity contribution in [1.29, 1.82) is 0 Å². The molecule has 0 spiro atoms. The number of aliphatic hydroxyl groups excluding tert-OH is 1. The zero-order valence-electron chi connectivity index (χ0n) is 19.8. The van der Waals surface area contributed by atoms with E-state index >= 15 is 0 Å². The molecule has 0 amide bonds. The van der Waals surface area contributed by atoms with Crippen LogP contribution in [0.2, 0.25) is 0 Å². The average Bonchev–Trinajstić information content (AvgIpc) is 3.41. The smallest absolute Gasteiger partial charge is 0.259 e. The maximum absolute atomic E-state index is 13.8. The number of benzene rings is 1. The number of hydrogen-bond donors (Lipinski definition) is 1. The molecule has 0 unspecified atom stereocenters. The lowest BCUT2D eigenvalue weighted by molar-refractivity contribution is 0.229. The first-order valence-corrected chi connectivity index (χ1v) is 11.1. The minimum Gasteiger partial charge on any atom is -0.496 e. The van der Waals surface area contributed by atoms with Crippen LogP contribution in [0.1, 0.15) is 28.6 Å². The number of ether oxygens (including phenoxy) is 1. The average molecular weight is 473 g/mol. The van der Waals surface area contributed by atoms with Crippen LogP contribution in [-0.2, 0) is 13.2 Å². The molecule has 0 aliphatic carbocycles. The Morgan fingerprint density at radius 3 is 2.40 bits per heavy atom. The van der Waals surface area contributed by atoms with Crippen molar-refractivity contribution in [1.82, 2.24) is 19.9 Å². The fourth-order valence-corrected chi connectivity index (χ4v) is 4.50. The SMILES string of the molecule is COc1cc2c(cc1-c1c(C)noc1C)cc(-c1c(C)noc1CO)c(=O)n2Cc1ccccn1. The molecule has 9 nitrogen and oxygen atoms in total. The minimum atomic E-state index is -0.374. The number of aromatic nitrogens is 4. The van der Waals surface area contributed by atoms with Crippen molar-refractivity contribution in [3.63, 3.8) is 0 Å². The van der Waals surface area contributed by atoms with Gasteiger partial charge in [-0.1, -0.05) is 16.4 Å². The molecule has 4 aromatic heterocycles. The number of nitrogens with zero attached hydrogens (tertiary/aromatic N) is 4. The second kappa shape index (κ2) is 8.84. The van der Waals surface area contributed by atoms with Gasteiger partial charge in [0.05, 0.1) is 52.9 Å². The summed E-state index contributed by atoms with van der Waals surface area (Å²) in [4.78, 5) is 18.3. The topological polar surface area (TPSA) is 116 Å². The van der Waals surface area contributed by atoms with Crippen molar-refractivity contribution in [3.8, 4) is 28.0 Å². The van der Waals surface area contributed by atoms with E-state index in [0.29, 0.717) is 33.8 Å². The van der Waals surface area contributed by atoms with Crippen LogP contribution in [0.3, 0.4) is 0 Å². The predicted octanol–water partition coefficient (Wildman–Crippen LogP) is 4.18. The summed E-state index contributed by atoms with van der Waals surface area (Å²) in [5.41, 5.74) is 4.92. The second-order valence-corrected chi connectivity index (χ2v) is 8.31. The summed E-state index contributed by atoms with van der Waals surface area (Å²) in [6.07, 6.45) is 1.69. The molecule has 0 atom stereocenters. The van der Waals surface area contributed by atoms with E-state index in [1.165, 1.54) is 0 Å². The standard InChI is InChI=1S/C26H24N4O5/c1-14-24(16(3)34-28-14)19-9-17-10-20(25-15(2)29-35-23(25)13-31)26(32)30(21(17)11-22(19)33-4)12-18-7-5-6-8-27-18/h5-11,31H,12-13H2,1-4H3. The Hall–Kier alpha value is -4.24. The molecule has 35 heavy (non-hydrogen) atoms. The van der Waals surface area contributed by atoms with Crippen LogP contribution in [0.25, 0.3) is 33.2 Å². The highest BCUT2D eigenvalue weighted by molar-refractivity contribution is 5.92. The maximum atomic E-state index is 13.8. The van der Waals surface area contributed by atoms with E-state index in [1.54, 1.807) is 30.9 Å². The van der Waals surface area contributed by atoms with E-state index in [0.717, 1.165) is 27.9 Å². The van der Waals surface area contributed by atoms with E-state index in [-0.39, 0.29) is 24.5 Å². The number of hydrogen-bond acceptors (Lipinski definition) is 8. The third kappa shape index (κ3) is 3.79. The molecule has 0 bridgehead atoms. The largest absolute Gasteiger partial charge is 0.496 e. The van der Waals surface area contributed by atoms with E-state index in [9.17, 15) is 9.90 Å². The highest BCUT2D eigenvalue weighted by atomic mass is 16.5. The fraction of sp³-hybridized carbons (Fsp3) is 0.231. The first-order chi connectivity index (χ1) is 16.9. The Bertz CT molecular complexity index is 1580. The first-order valence-electron chi connectivity index (χ1n) is 11.1. The third-order valence-corrected chi connectivity index (χ3v) is 6.11. The van der Waals surface area contributed by atoms with Crippen molar-refractivity contribution in [2.45, 2.75) is 33.9 Å². The van der Waals surface area contributed by atoms with Crippen molar-refractivity contribution < 1.29 is 18.9 Å². The molecular formula is C26H24N4O5. The lowest BCUT2D eigenvalue weighted by atomic mass is 9.97. The van der Waals surface area contributed by atoms with Crippen molar-refractivity contribution >= 4 is 10.9 Å². The van der Waals surface area contributed by atoms with E-state index in [2.05, 4.69) is 15.3 Å². The van der Waals surface area contributed by atoms with Crippen molar-refractivity contribution in [3.05, 3.63) is 81.6 Å². The van der Waals surface area contributed by atoms with Gasteiger partial charge in [-0.3, -0.25) is 9.78 Å². The molecule has 5 rings (SSSR count). The molecule has 0 aliphatic heterocycles. The Morgan fingerprint density at radius 2 is 1.74 bits per heavy atom. The summed E-state index contributed by atoms with van der Waals surface area (Å²) < 4.78 is 18.1. The molecule has 0 fully saturated rings. The van der Waals surface area contributed by atoms with Gasteiger partial charge in [-0.05, 0) is 50.4 Å². The second-order valence-electron chi connectivity index (χ2n) is 8.31. The van der Waals surface area contributed by atoms with Crippen LogP contribution in [0, 0.1) is 20.8 Å². The zero-order chi connectivity index (χ0) is 24.7. The van der Waals surface area contributed by atoms with Crippen molar-refractivity contribution in [2.24, 2.45) is 0 Å². The van der Waals surface area contributed by atoms with E-state index < -0.39 is 0 Å². The minimum absolute atomic E-state index is 0.239. The third-order valence-electron chi connectivity index (χ3n) is 6.11. The number of aliphatic hydroxyl groups is 1. The Morgan fingerprint density at radius 1 is 1.00 bits per heavy atom. The van der Waals surface area contributed by atoms with Gasteiger partial charge in [0.15, 0.2) is 5.76 Å². The van der Waals surface area contributed by atoms with Crippen molar-refractivity contribution in [2.75, 3.05) is 7.11 Å². The van der Waals surface area contributed by atoms with Gasteiger partial charge in [-0.25, -0.2) is 0 Å². The van der Waals surface area contributed by atoms with Crippen LogP contribution in [-0.4, -0.2) is 32.1 Å². The molecule has 1 N–H and O–H groups in total. The van der Waals surface area contributed by atoms with Crippen LogP contribution in [0.5, 0.6) is 5.75 Å². The Labute approximate surface area is 200 Å². The summed E-state index contributed by atoms with van der Waals surface area (Å²) in [5, 5.41) is 18.7. The van der Waals surface area contributed by atoms with Gasteiger partial charge < -0.3 is 23.5 Å². The number of fused-ring (bicyclic) bond motifs is 1. The number of pyridine rings is 2. The molecule has 9 heteroatoms. The lowest BCUT2D eigenvalue weighted by Crippen LogP contribution is -2.23. The van der Waals surface area contributed by atoms with Gasteiger partial charge in [-0.2, -0.15) is 0 Å². The molecule has 178 valence electrons. The molecule has 1 aromatic carbocycles. The van der Waals surface area contributed by atoms with E-state index in [1.807, 2.05) is 44.2 Å². The quantitative estimate of drug-likeness (QED) is 0.391. The van der Waals surface area contributed by atoms with Gasteiger partial charge in [-0.15, -0.1) is 0 Å². The van der Waals surface area contributed by atoms with Crippen LogP contribution < -0.4 is 10.3 Å². The van der Waals surface area contributed by atoms with Gasteiger partial charge >= 0.3 is 0 Å². The first kappa shape index (κ1) is 22.5. The molecule has 4 heterocycles. The van der Waals surface area contributed by atoms with Gasteiger partial charge in [0.25, 0.3) is 5.56 Å². The monoisotopic (exact) mass is 472 g/mol. The Balaban J connectivity index is 1.86. The predicted molar refractivity (Wildman–Crippen MR) is 129 cm³/mol. The van der Waals surface area contributed by atoms with Crippen LogP contribution in [0.4, 0.5) is 0 Å². The molecular weight excluding hydrogens is 448 g/mol. The summed E-state index contributed by atoms with van der Waals surface area (Å²) in [6, 6.07) is 11.2. The number of rotatable bonds is 6. The molecule has 0 radical (unpaired) electrons. The van der Waals surface area contributed by atoms with Gasteiger partial charge in [0.2, 0.25) is 0 Å². The molecule has 0 saturated carbocycles. The number of methoxy groups -OCH3 is 1. The summed E-state index contributed by atoms with van der Waals surface area (Å²) in [6.45, 7) is 5.34. The molecule has 0 saturated heterocycles. The van der Waals surface area contributed by atoms with Gasteiger partial charge in [0.1, 0.15) is 18.1 Å². The lowest BCUT2D eigenvalue weighted by Gasteiger charge is -2.16. The fourth-order valence-electron chi connectivity index (χ4n) is 4.50. The molecule has 0 aliphatic rings. The summed E-state index contributed by atoms with van der Waals surface area (Å²) in [7, 11) is 1.59. The molecule has 5 aromatic rings. The van der Waals surface area contributed by atoms with Crippen LogP contribution >= 0.6 is 0 Å². The van der Waals surface area contributed by atoms with E-state index in [4.69, 9.17) is 13.8 Å². The summed E-state index contributed by atoms with van der Waals surface area (Å²) >= 11 is 0. The highest BCUT2D eigenvalue weighted by Crippen LogP contribution is 2.38. The summed E-state index contributed by atoms with van der Waals surface area (Å²) in [5.74, 6) is 1.49. The highest BCUT2D eigenvalue weighted by Gasteiger charge is 2.23. The van der Waals surface area contributed by atoms with Gasteiger partial charge in [0, 0.05) is 17.8 Å². The zero-order valence-corrected chi connectivity index (χ0v) is 19.8. The number of aryl methyl sites for hydroxylation is 3. The Kier molecular flexibility index (Phi) is 5.70.